The molecule has 2 bridgehead atoms. The average Bonchev–Trinajstić information content (AvgIpc) is 3.29. The van der Waals surface area contributed by atoms with E-state index in [1.807, 2.05) is 0 Å². The van der Waals surface area contributed by atoms with Crippen molar-refractivity contribution in [3.63, 3.8) is 0 Å². The molecular formula is C45H64N6O15S. The highest BCUT2D eigenvalue weighted by Crippen LogP contribution is 2.28. The summed E-state index contributed by atoms with van der Waals surface area (Å²) in [6, 6.07) is 6.14. The topological polar surface area (TPSA) is 297 Å². The molecule has 4 rings (SSSR count). The van der Waals surface area contributed by atoms with Gasteiger partial charge in [-0.2, -0.15) is 8.42 Å². The normalized spacial score (nSPS) is 26.4. The van der Waals surface area contributed by atoms with E-state index in [0.29, 0.717) is 24.0 Å². The standard InChI is InChI=1S/C45H64N6O15S/c1-8-25(3)36-45(60)66-27(5)37(49-41(56)34(64-7)24-65-67(61,62)63)42(57)46-31(20-17-28-15-18-30(52)19-16-28)39(54)47-32-21-22-35(53)51(43(32)58)38(26(4)9-2)44(59)50(6)33(40(55)48-36)23-29-13-11-10-12-14-29/h10-16,18-19,25-27,31-38,52-53H,8-9,17,20-24H2,1-7H3,(H,46,57)(H,47,54)(H,48,55)(H,49,56)(H,61,62,63)/t25-,26-,27+,31-,32-,33-,34+,35+,36-,37-,38-/m0/s1. The molecular weight excluding hydrogens is 897 g/mol. The number of aryl methyl sites for hydroxylation is 1. The number of hydrogen-bond acceptors (Lipinski definition) is 14. The Bertz CT molecular complexity index is 2160. The van der Waals surface area contributed by atoms with Crippen LogP contribution in [0.1, 0.15) is 77.8 Å². The Morgan fingerprint density at radius 3 is 2.12 bits per heavy atom. The number of rotatable bonds is 15. The third-order valence-electron chi connectivity index (χ3n) is 12.4. The molecule has 7 N–H and O–H groups in total. The Hall–Kier alpha value is -5.68. The molecule has 2 aliphatic rings. The van der Waals surface area contributed by atoms with Crippen LogP contribution in [-0.2, 0) is 70.5 Å². The van der Waals surface area contributed by atoms with E-state index >= 15 is 0 Å². The van der Waals surface area contributed by atoms with Crippen molar-refractivity contribution in [2.45, 2.75) is 134 Å². The largest absolute Gasteiger partial charge is 0.508 e. The van der Waals surface area contributed by atoms with Crippen molar-refractivity contribution in [3.8, 4) is 5.75 Å². The number of fused-ring (bicyclic) bond motifs is 2. The number of aliphatic hydroxyl groups is 1. The first-order valence-electron chi connectivity index (χ1n) is 22.3. The Morgan fingerprint density at radius 2 is 1.52 bits per heavy atom. The van der Waals surface area contributed by atoms with Gasteiger partial charge in [0, 0.05) is 20.6 Å². The van der Waals surface area contributed by atoms with Crippen LogP contribution in [0.25, 0.3) is 0 Å². The predicted molar refractivity (Wildman–Crippen MR) is 239 cm³/mol. The molecule has 0 aliphatic carbocycles. The molecule has 0 radical (unpaired) electrons. The molecule has 2 saturated heterocycles. The second-order valence-corrected chi connectivity index (χ2v) is 18.1. The number of phenols is 1. The van der Waals surface area contributed by atoms with Crippen LogP contribution in [0.3, 0.4) is 0 Å². The molecule has 22 heteroatoms. The number of phenolic OH excluding ortho intramolecular Hbond substituents is 1. The second-order valence-electron chi connectivity index (χ2n) is 17.1. The van der Waals surface area contributed by atoms with Crippen molar-refractivity contribution in [3.05, 3.63) is 65.7 Å². The van der Waals surface area contributed by atoms with Gasteiger partial charge in [-0.25, -0.2) is 8.98 Å². The van der Waals surface area contributed by atoms with Gasteiger partial charge < -0.3 is 50.8 Å². The number of carbonyl (C=O) groups is 7. The smallest absolute Gasteiger partial charge is 0.397 e. The van der Waals surface area contributed by atoms with Crippen molar-refractivity contribution >= 4 is 51.8 Å². The number of aromatic hydroxyl groups is 1. The van der Waals surface area contributed by atoms with Crippen LogP contribution in [0, 0.1) is 11.8 Å². The summed E-state index contributed by atoms with van der Waals surface area (Å²) in [7, 11) is -2.64. The van der Waals surface area contributed by atoms with Crippen LogP contribution < -0.4 is 21.3 Å². The van der Waals surface area contributed by atoms with E-state index in [0.717, 1.165) is 12.0 Å². The van der Waals surface area contributed by atoms with Gasteiger partial charge >= 0.3 is 16.4 Å². The maximum Gasteiger partial charge on any atom is 0.397 e. The lowest BCUT2D eigenvalue weighted by Gasteiger charge is -2.44. The lowest BCUT2D eigenvalue weighted by molar-refractivity contribution is -0.168. The van der Waals surface area contributed by atoms with Crippen LogP contribution >= 0.6 is 0 Å². The summed E-state index contributed by atoms with van der Waals surface area (Å²) in [5.74, 6) is -7.64. The Labute approximate surface area is 390 Å². The van der Waals surface area contributed by atoms with E-state index in [2.05, 4.69) is 25.5 Å². The number of nitrogens with one attached hydrogen (secondary N) is 4. The van der Waals surface area contributed by atoms with Gasteiger partial charge in [0.15, 0.2) is 6.10 Å². The fourth-order valence-electron chi connectivity index (χ4n) is 7.89. The van der Waals surface area contributed by atoms with Crippen molar-refractivity contribution in [2.24, 2.45) is 11.8 Å². The van der Waals surface area contributed by atoms with Gasteiger partial charge in [-0.1, -0.05) is 83.0 Å². The molecule has 67 heavy (non-hydrogen) atoms. The van der Waals surface area contributed by atoms with Crippen molar-refractivity contribution < 1.29 is 70.4 Å². The third-order valence-corrected chi connectivity index (χ3v) is 12.8. The number of hydrogen-bond donors (Lipinski definition) is 7. The second kappa shape index (κ2) is 24.4. The molecule has 370 valence electrons. The van der Waals surface area contributed by atoms with E-state index in [1.165, 1.54) is 31.0 Å². The summed E-state index contributed by atoms with van der Waals surface area (Å²) in [6.07, 6.45) is -4.31. The number of benzene rings is 2. The molecule has 21 nitrogen and oxygen atoms in total. The number of ether oxygens (including phenoxy) is 2. The van der Waals surface area contributed by atoms with Gasteiger partial charge in [0.1, 0.15) is 60.9 Å². The maximum atomic E-state index is 14.9. The summed E-state index contributed by atoms with van der Waals surface area (Å²) >= 11 is 0. The molecule has 11 atom stereocenters. The highest BCUT2D eigenvalue weighted by atomic mass is 32.3. The van der Waals surface area contributed by atoms with Crippen LogP contribution in [0.15, 0.2) is 54.6 Å². The quantitative estimate of drug-likeness (QED) is 0.0946. The number of nitrogens with zero attached hydrogens (tertiary/aromatic N) is 2. The first-order valence-corrected chi connectivity index (χ1v) is 23.6. The summed E-state index contributed by atoms with van der Waals surface area (Å²) in [6.45, 7) is 7.14. The molecule has 0 spiro atoms. The van der Waals surface area contributed by atoms with Crippen LogP contribution in [0.4, 0.5) is 0 Å². The minimum absolute atomic E-state index is 0.0232. The summed E-state index contributed by atoms with van der Waals surface area (Å²) < 4.78 is 47.1. The van der Waals surface area contributed by atoms with Gasteiger partial charge in [0.2, 0.25) is 29.5 Å². The van der Waals surface area contributed by atoms with Gasteiger partial charge in [-0.15, -0.1) is 0 Å². The third kappa shape index (κ3) is 14.7. The predicted octanol–water partition coefficient (Wildman–Crippen LogP) is 0.515. The molecule has 2 heterocycles. The zero-order valence-corrected chi connectivity index (χ0v) is 39.6. The number of carbonyl (C=O) groups excluding carboxylic acids is 7. The minimum Gasteiger partial charge on any atom is -0.508 e. The van der Waals surface area contributed by atoms with Crippen molar-refractivity contribution in [2.75, 3.05) is 20.8 Å². The number of piperidine rings is 1. The molecule has 2 aromatic carbocycles. The van der Waals surface area contributed by atoms with E-state index in [9.17, 15) is 52.2 Å². The molecule has 0 unspecified atom stereocenters. The number of esters is 1. The number of amides is 6. The summed E-state index contributed by atoms with van der Waals surface area (Å²) in [4.78, 5) is 103. The van der Waals surface area contributed by atoms with Crippen molar-refractivity contribution in [1.82, 2.24) is 31.1 Å². The van der Waals surface area contributed by atoms with E-state index in [-0.39, 0.29) is 37.9 Å². The zero-order chi connectivity index (χ0) is 49.7. The first-order chi connectivity index (χ1) is 31.6. The van der Waals surface area contributed by atoms with Gasteiger partial charge in [-0.3, -0.25) is 33.3 Å². The van der Waals surface area contributed by atoms with Gasteiger partial charge in [0.05, 0.1) is 0 Å². The molecule has 2 fully saturated rings. The zero-order valence-electron chi connectivity index (χ0n) is 38.7. The maximum absolute atomic E-state index is 14.9. The monoisotopic (exact) mass is 960 g/mol. The Kier molecular flexibility index (Phi) is 19.6. The molecule has 0 saturated carbocycles. The van der Waals surface area contributed by atoms with Crippen molar-refractivity contribution in [1.29, 1.82) is 0 Å². The number of aliphatic hydroxyl groups excluding tert-OH is 1. The molecule has 0 aromatic heterocycles. The Morgan fingerprint density at radius 1 is 0.881 bits per heavy atom. The fraction of sp³-hybridized carbons (Fsp3) is 0.578. The van der Waals surface area contributed by atoms with Crippen LogP contribution in [0.2, 0.25) is 0 Å². The molecule has 6 amide bonds. The SMILES string of the molecule is CC[C@H](C)[C@@H]1NC(=O)[C@H](Cc2ccccc2)N(C)C(=O)[C@H]([C@@H](C)CC)N2C(=O)[C@H](CC[C@H]2O)NC(=O)[C@H](CCc2ccc(O)cc2)NC(=O)[C@@H](NC(=O)[C@@H](COS(=O)(=O)O)OC)[C@@H](C)OC1=O. The summed E-state index contributed by atoms with van der Waals surface area (Å²) in [5.41, 5.74) is 1.28. The lowest BCUT2D eigenvalue weighted by Crippen LogP contribution is -2.66. The average molecular weight is 961 g/mol. The summed E-state index contributed by atoms with van der Waals surface area (Å²) in [5, 5.41) is 31.7. The molecule has 2 aliphatic heterocycles. The van der Waals surface area contributed by atoms with Crippen LogP contribution in [0.5, 0.6) is 5.75 Å². The Balaban J connectivity index is 1.88. The number of likely N-dealkylation sites (N-methyl/N-ethyl adjacent to an activating group) is 1. The number of cyclic esters (lactones) is 1. The molecule has 2 aromatic rings. The van der Waals surface area contributed by atoms with E-state index in [4.69, 9.17) is 14.0 Å². The van der Waals surface area contributed by atoms with Gasteiger partial charge in [-0.05, 0) is 67.7 Å². The first kappa shape index (κ1) is 53.9. The lowest BCUT2D eigenvalue weighted by atomic mass is 9.91. The highest BCUT2D eigenvalue weighted by molar-refractivity contribution is 7.80. The van der Waals surface area contributed by atoms with Gasteiger partial charge in [0.25, 0.3) is 5.91 Å². The highest BCUT2D eigenvalue weighted by Gasteiger charge is 2.47. The van der Waals surface area contributed by atoms with E-state index < -0.39 is 125 Å². The minimum atomic E-state index is -5.05. The van der Waals surface area contributed by atoms with E-state index in [1.54, 1.807) is 70.2 Å². The number of methoxy groups -OCH3 is 1. The van der Waals surface area contributed by atoms with Crippen LogP contribution in [-0.4, -0.2) is 150 Å². The fourth-order valence-corrected chi connectivity index (χ4v) is 8.18.